The second-order valence-electron chi connectivity index (χ2n) is 2.98. The standard InChI is InChI=1S/C9H10F3NOS/c10-9(11,12)7-3-1-4-8(14)13(7)5-2-6-15/h1,3-4,15H,2,5-6H2. The molecule has 15 heavy (non-hydrogen) atoms. The summed E-state index contributed by atoms with van der Waals surface area (Å²) < 4.78 is 38.2. The van der Waals surface area contributed by atoms with Crippen LogP contribution in [0.3, 0.4) is 0 Å². The molecule has 0 bridgehead atoms. The summed E-state index contributed by atoms with van der Waals surface area (Å²) in [5.41, 5.74) is -1.54. The van der Waals surface area contributed by atoms with Gasteiger partial charge in [0.2, 0.25) is 0 Å². The fraction of sp³-hybridized carbons (Fsp3) is 0.444. The minimum absolute atomic E-state index is 0.0397. The number of alkyl halides is 3. The molecule has 0 spiro atoms. The van der Waals surface area contributed by atoms with Gasteiger partial charge >= 0.3 is 6.18 Å². The lowest BCUT2D eigenvalue weighted by molar-refractivity contribution is -0.144. The van der Waals surface area contributed by atoms with Crippen LogP contribution in [0.5, 0.6) is 0 Å². The van der Waals surface area contributed by atoms with Crippen LogP contribution in [0.1, 0.15) is 12.1 Å². The van der Waals surface area contributed by atoms with E-state index < -0.39 is 17.4 Å². The first-order valence-electron chi connectivity index (χ1n) is 4.34. The molecule has 0 N–H and O–H groups in total. The average Bonchev–Trinajstić information content (AvgIpc) is 2.14. The van der Waals surface area contributed by atoms with E-state index in [0.29, 0.717) is 12.2 Å². The Bertz CT molecular complexity index is 386. The summed E-state index contributed by atoms with van der Waals surface area (Å²) in [7, 11) is 0. The van der Waals surface area contributed by atoms with Crippen LogP contribution < -0.4 is 5.56 Å². The van der Waals surface area contributed by atoms with E-state index in [0.717, 1.165) is 22.8 Å². The Morgan fingerprint density at radius 1 is 1.33 bits per heavy atom. The summed E-state index contributed by atoms with van der Waals surface area (Å²) in [4.78, 5) is 11.2. The molecular weight excluding hydrogens is 227 g/mol. The molecule has 1 aromatic heterocycles. The van der Waals surface area contributed by atoms with Gasteiger partial charge in [0.25, 0.3) is 5.56 Å². The van der Waals surface area contributed by atoms with Crippen LogP contribution in [-0.2, 0) is 12.7 Å². The van der Waals surface area contributed by atoms with Crippen molar-refractivity contribution >= 4 is 12.6 Å². The van der Waals surface area contributed by atoms with Gasteiger partial charge in [-0.3, -0.25) is 4.79 Å². The van der Waals surface area contributed by atoms with E-state index in [1.165, 1.54) is 0 Å². The molecule has 0 aromatic carbocycles. The molecule has 0 atom stereocenters. The summed E-state index contributed by atoms with van der Waals surface area (Å²) in [6, 6.07) is 3.13. The quantitative estimate of drug-likeness (QED) is 0.800. The van der Waals surface area contributed by atoms with Crippen molar-refractivity contribution in [1.82, 2.24) is 4.57 Å². The van der Waals surface area contributed by atoms with Gasteiger partial charge < -0.3 is 4.57 Å². The second kappa shape index (κ2) is 4.74. The Hall–Kier alpha value is -0.910. The van der Waals surface area contributed by atoms with Crippen LogP contribution in [0, 0.1) is 0 Å². The number of halogens is 3. The molecule has 0 aliphatic heterocycles. The predicted molar refractivity (Wildman–Crippen MR) is 54.2 cm³/mol. The Labute approximate surface area is 90.1 Å². The summed E-state index contributed by atoms with van der Waals surface area (Å²) in [5.74, 6) is 0.443. The lowest BCUT2D eigenvalue weighted by Gasteiger charge is -2.14. The third-order valence-corrected chi connectivity index (χ3v) is 2.20. The van der Waals surface area contributed by atoms with Crippen molar-refractivity contribution in [3.63, 3.8) is 0 Å². The van der Waals surface area contributed by atoms with Crippen molar-refractivity contribution in [3.05, 3.63) is 34.2 Å². The van der Waals surface area contributed by atoms with E-state index in [4.69, 9.17) is 0 Å². The Balaban J connectivity index is 3.15. The molecule has 0 aliphatic rings. The van der Waals surface area contributed by atoms with Crippen LogP contribution >= 0.6 is 12.6 Å². The van der Waals surface area contributed by atoms with Crippen molar-refractivity contribution in [3.8, 4) is 0 Å². The maximum Gasteiger partial charge on any atom is 0.431 e. The summed E-state index contributed by atoms with van der Waals surface area (Å²) >= 11 is 3.90. The van der Waals surface area contributed by atoms with Crippen LogP contribution in [0.4, 0.5) is 13.2 Å². The smallest absolute Gasteiger partial charge is 0.304 e. The Morgan fingerprint density at radius 2 is 2.00 bits per heavy atom. The van der Waals surface area contributed by atoms with Crippen molar-refractivity contribution in [2.75, 3.05) is 5.75 Å². The van der Waals surface area contributed by atoms with E-state index in [-0.39, 0.29) is 6.54 Å². The maximum absolute atomic E-state index is 12.5. The lowest BCUT2D eigenvalue weighted by atomic mass is 10.3. The summed E-state index contributed by atoms with van der Waals surface area (Å²) in [6.45, 7) is 0.0397. The van der Waals surface area contributed by atoms with Gasteiger partial charge in [-0.15, -0.1) is 0 Å². The van der Waals surface area contributed by atoms with Crippen LogP contribution in [-0.4, -0.2) is 10.3 Å². The van der Waals surface area contributed by atoms with Crippen molar-refractivity contribution in [2.24, 2.45) is 0 Å². The molecule has 0 amide bonds. The highest BCUT2D eigenvalue weighted by Crippen LogP contribution is 2.28. The molecule has 1 heterocycles. The van der Waals surface area contributed by atoms with Gasteiger partial charge in [0, 0.05) is 12.6 Å². The molecule has 0 aliphatic carbocycles. The zero-order valence-electron chi connectivity index (χ0n) is 7.79. The third-order valence-electron chi connectivity index (χ3n) is 1.88. The summed E-state index contributed by atoms with van der Waals surface area (Å²) in [5, 5.41) is 0. The molecule has 6 heteroatoms. The number of nitrogens with zero attached hydrogens (tertiary/aromatic N) is 1. The SMILES string of the molecule is O=c1cccc(C(F)(F)F)n1CCCS. The zero-order valence-corrected chi connectivity index (χ0v) is 8.68. The number of rotatable bonds is 3. The van der Waals surface area contributed by atoms with E-state index in [2.05, 4.69) is 12.6 Å². The number of pyridine rings is 1. The number of hydrogen-bond acceptors (Lipinski definition) is 2. The molecule has 0 unspecified atom stereocenters. The fourth-order valence-corrected chi connectivity index (χ4v) is 1.37. The van der Waals surface area contributed by atoms with Crippen molar-refractivity contribution in [1.29, 1.82) is 0 Å². The zero-order chi connectivity index (χ0) is 11.5. The number of aromatic nitrogens is 1. The van der Waals surface area contributed by atoms with Gasteiger partial charge in [0.15, 0.2) is 0 Å². The molecule has 1 aromatic rings. The normalized spacial score (nSPS) is 11.7. The monoisotopic (exact) mass is 237 g/mol. The van der Waals surface area contributed by atoms with E-state index in [1.807, 2.05) is 0 Å². The van der Waals surface area contributed by atoms with Gasteiger partial charge in [-0.25, -0.2) is 0 Å². The molecule has 0 radical (unpaired) electrons. The largest absolute Gasteiger partial charge is 0.431 e. The molecule has 0 saturated carbocycles. The Morgan fingerprint density at radius 3 is 2.53 bits per heavy atom. The van der Waals surface area contributed by atoms with Crippen molar-refractivity contribution < 1.29 is 13.2 Å². The second-order valence-corrected chi connectivity index (χ2v) is 3.42. The molecule has 84 valence electrons. The first kappa shape index (κ1) is 12.2. The average molecular weight is 237 g/mol. The molecular formula is C9H10F3NOS. The van der Waals surface area contributed by atoms with Gasteiger partial charge in [0.05, 0.1) is 0 Å². The highest BCUT2D eigenvalue weighted by atomic mass is 32.1. The molecule has 0 fully saturated rings. The minimum atomic E-state index is -4.49. The van der Waals surface area contributed by atoms with Crippen LogP contribution in [0.15, 0.2) is 23.0 Å². The van der Waals surface area contributed by atoms with E-state index in [9.17, 15) is 18.0 Å². The highest BCUT2D eigenvalue weighted by molar-refractivity contribution is 7.80. The van der Waals surface area contributed by atoms with E-state index >= 15 is 0 Å². The summed E-state index contributed by atoms with van der Waals surface area (Å²) in [6.07, 6.45) is -4.06. The lowest BCUT2D eigenvalue weighted by Crippen LogP contribution is -2.27. The fourth-order valence-electron chi connectivity index (χ4n) is 1.23. The van der Waals surface area contributed by atoms with Crippen molar-refractivity contribution in [2.45, 2.75) is 19.1 Å². The first-order valence-corrected chi connectivity index (χ1v) is 4.98. The predicted octanol–water partition coefficient (Wildman–Crippen LogP) is 2.19. The van der Waals surface area contributed by atoms with Gasteiger partial charge in [-0.1, -0.05) is 6.07 Å². The topological polar surface area (TPSA) is 22.0 Å². The first-order chi connectivity index (χ1) is 6.96. The molecule has 2 nitrogen and oxygen atoms in total. The number of hydrogen-bond donors (Lipinski definition) is 1. The van der Waals surface area contributed by atoms with Gasteiger partial charge in [0.1, 0.15) is 5.69 Å². The van der Waals surface area contributed by atoms with Gasteiger partial charge in [-0.2, -0.15) is 25.8 Å². The van der Waals surface area contributed by atoms with Crippen LogP contribution in [0.2, 0.25) is 0 Å². The Kier molecular flexibility index (Phi) is 3.84. The van der Waals surface area contributed by atoms with Gasteiger partial charge in [-0.05, 0) is 18.2 Å². The molecule has 1 rings (SSSR count). The minimum Gasteiger partial charge on any atom is -0.304 e. The molecule has 0 saturated heterocycles. The van der Waals surface area contributed by atoms with Crippen LogP contribution in [0.25, 0.3) is 0 Å². The highest BCUT2D eigenvalue weighted by Gasteiger charge is 2.33. The van der Waals surface area contributed by atoms with E-state index in [1.54, 1.807) is 0 Å². The third kappa shape index (κ3) is 3.02. The maximum atomic E-state index is 12.5. The number of thiol groups is 1.